The van der Waals surface area contributed by atoms with E-state index < -0.39 is 0 Å². The summed E-state index contributed by atoms with van der Waals surface area (Å²) >= 11 is 0. The SMILES string of the molecule is Cc1ccc2nc(COc3cccc(C(=O)N4CCN(C(C#N)c5ccccc5)CC4)c3)cn2c1. The predicted molar refractivity (Wildman–Crippen MR) is 133 cm³/mol. The van der Waals surface area contributed by atoms with Crippen LogP contribution in [0.2, 0.25) is 0 Å². The van der Waals surface area contributed by atoms with Gasteiger partial charge in [0.05, 0.1) is 11.8 Å². The summed E-state index contributed by atoms with van der Waals surface area (Å²) in [7, 11) is 0. The predicted octanol–water partition coefficient (Wildman–Crippen LogP) is 4.24. The summed E-state index contributed by atoms with van der Waals surface area (Å²) < 4.78 is 7.94. The van der Waals surface area contributed by atoms with Gasteiger partial charge in [0.15, 0.2) is 0 Å². The second-order valence-corrected chi connectivity index (χ2v) is 8.79. The van der Waals surface area contributed by atoms with Crippen LogP contribution in [0.4, 0.5) is 0 Å². The highest BCUT2D eigenvalue weighted by atomic mass is 16.5. The molecule has 4 aromatic rings. The summed E-state index contributed by atoms with van der Waals surface area (Å²) in [4.78, 5) is 21.7. The summed E-state index contributed by atoms with van der Waals surface area (Å²) in [5, 5.41) is 9.71. The number of hydrogen-bond donors (Lipinski definition) is 0. The molecule has 1 atom stereocenters. The van der Waals surface area contributed by atoms with Gasteiger partial charge in [0, 0.05) is 44.1 Å². The highest BCUT2D eigenvalue weighted by Gasteiger charge is 2.27. The second kappa shape index (κ2) is 10.00. The van der Waals surface area contributed by atoms with Gasteiger partial charge in [0.25, 0.3) is 5.91 Å². The molecule has 7 nitrogen and oxygen atoms in total. The molecule has 0 N–H and O–H groups in total. The zero-order valence-corrected chi connectivity index (χ0v) is 19.7. The minimum atomic E-state index is -0.297. The van der Waals surface area contributed by atoms with E-state index in [1.807, 2.05) is 89.3 Å². The maximum absolute atomic E-state index is 13.2. The van der Waals surface area contributed by atoms with E-state index in [0.29, 0.717) is 44.1 Å². The number of nitriles is 1. The van der Waals surface area contributed by atoms with Crippen LogP contribution in [-0.4, -0.2) is 51.3 Å². The average molecular weight is 466 g/mol. The Labute approximate surface area is 204 Å². The smallest absolute Gasteiger partial charge is 0.254 e. The van der Waals surface area contributed by atoms with E-state index in [1.54, 1.807) is 6.07 Å². The molecule has 0 radical (unpaired) electrons. The number of hydrogen-bond acceptors (Lipinski definition) is 5. The van der Waals surface area contributed by atoms with E-state index in [2.05, 4.69) is 16.0 Å². The summed E-state index contributed by atoms with van der Waals surface area (Å²) in [6, 6.07) is 23.2. The first-order chi connectivity index (χ1) is 17.1. The molecule has 7 heteroatoms. The van der Waals surface area contributed by atoms with E-state index in [0.717, 1.165) is 22.5 Å². The molecule has 2 aromatic carbocycles. The maximum Gasteiger partial charge on any atom is 0.254 e. The molecule has 0 bridgehead atoms. The van der Waals surface area contributed by atoms with Crippen molar-refractivity contribution in [2.45, 2.75) is 19.6 Å². The number of aryl methyl sites for hydroxylation is 1. The molecule has 35 heavy (non-hydrogen) atoms. The molecule has 1 fully saturated rings. The number of amides is 1. The van der Waals surface area contributed by atoms with Crippen molar-refractivity contribution in [3.63, 3.8) is 0 Å². The van der Waals surface area contributed by atoms with Gasteiger partial charge < -0.3 is 14.0 Å². The Morgan fingerprint density at radius 2 is 1.83 bits per heavy atom. The van der Waals surface area contributed by atoms with Crippen molar-refractivity contribution in [2.75, 3.05) is 26.2 Å². The number of rotatable bonds is 6. The number of carbonyl (C=O) groups excluding carboxylic acids is 1. The molecule has 1 amide bonds. The lowest BCUT2D eigenvalue weighted by Gasteiger charge is -2.37. The first-order valence-electron chi connectivity index (χ1n) is 11.8. The Morgan fingerprint density at radius 1 is 1.03 bits per heavy atom. The Hall–Kier alpha value is -4.15. The van der Waals surface area contributed by atoms with Crippen molar-refractivity contribution < 1.29 is 9.53 Å². The van der Waals surface area contributed by atoms with Crippen molar-refractivity contribution in [3.05, 3.63) is 102 Å². The highest BCUT2D eigenvalue weighted by Crippen LogP contribution is 2.23. The summed E-state index contributed by atoms with van der Waals surface area (Å²) in [6.07, 6.45) is 3.99. The van der Waals surface area contributed by atoms with E-state index in [4.69, 9.17) is 4.74 Å². The highest BCUT2D eigenvalue weighted by molar-refractivity contribution is 5.94. The molecule has 0 saturated carbocycles. The van der Waals surface area contributed by atoms with Gasteiger partial charge in [0.1, 0.15) is 24.0 Å². The van der Waals surface area contributed by atoms with Crippen LogP contribution >= 0.6 is 0 Å². The van der Waals surface area contributed by atoms with Crippen molar-refractivity contribution in [3.8, 4) is 11.8 Å². The third kappa shape index (κ3) is 5.03. The van der Waals surface area contributed by atoms with Crippen molar-refractivity contribution in [1.82, 2.24) is 19.2 Å². The Kier molecular flexibility index (Phi) is 6.47. The normalized spacial score (nSPS) is 15.0. The molecule has 0 aliphatic carbocycles. The quantitative estimate of drug-likeness (QED) is 0.426. The summed E-state index contributed by atoms with van der Waals surface area (Å²) in [5.74, 6) is 0.614. The molecule has 5 rings (SSSR count). The molecule has 2 aromatic heterocycles. The minimum absolute atomic E-state index is 0.0217. The van der Waals surface area contributed by atoms with E-state index in [-0.39, 0.29) is 11.9 Å². The minimum Gasteiger partial charge on any atom is -0.487 e. The van der Waals surface area contributed by atoms with Gasteiger partial charge in [-0.05, 0) is 42.3 Å². The van der Waals surface area contributed by atoms with Gasteiger partial charge in [-0.2, -0.15) is 5.26 Å². The van der Waals surface area contributed by atoms with Gasteiger partial charge in [-0.25, -0.2) is 4.98 Å². The monoisotopic (exact) mass is 465 g/mol. The Balaban J connectivity index is 1.20. The summed E-state index contributed by atoms with van der Waals surface area (Å²) in [5.41, 5.74) is 4.46. The van der Waals surface area contributed by atoms with Crippen molar-refractivity contribution in [2.24, 2.45) is 0 Å². The molecule has 0 spiro atoms. The number of fused-ring (bicyclic) bond motifs is 1. The Bertz CT molecular complexity index is 1370. The number of pyridine rings is 1. The number of imidazole rings is 1. The van der Waals surface area contributed by atoms with Gasteiger partial charge in [-0.15, -0.1) is 0 Å². The van der Waals surface area contributed by atoms with Crippen molar-refractivity contribution >= 4 is 11.6 Å². The number of carbonyl (C=O) groups is 1. The lowest BCUT2D eigenvalue weighted by molar-refractivity contribution is 0.0606. The topological polar surface area (TPSA) is 73.9 Å². The molecule has 3 heterocycles. The van der Waals surface area contributed by atoms with E-state index >= 15 is 0 Å². The molecule has 1 aliphatic heterocycles. The molecule has 1 aliphatic rings. The third-order valence-corrected chi connectivity index (χ3v) is 6.32. The molecular formula is C28H27N5O2. The molecule has 176 valence electrons. The standard InChI is InChI=1S/C28H27N5O2/c1-21-10-11-27-30-24(19-33(27)18-21)20-35-25-9-5-8-23(16-25)28(34)32-14-12-31(13-15-32)26(17-29)22-6-3-2-4-7-22/h2-11,16,18-19,26H,12-15,20H2,1H3. The van der Waals surface area contributed by atoms with E-state index in [9.17, 15) is 10.1 Å². The zero-order chi connectivity index (χ0) is 24.2. The molecule has 1 unspecified atom stereocenters. The molecule has 1 saturated heterocycles. The first kappa shape index (κ1) is 22.6. The van der Waals surface area contributed by atoms with Crippen LogP contribution in [0.3, 0.4) is 0 Å². The second-order valence-electron chi connectivity index (χ2n) is 8.79. The molecular weight excluding hydrogens is 438 g/mol. The number of aromatic nitrogens is 2. The van der Waals surface area contributed by atoms with Crippen LogP contribution in [0.1, 0.15) is 33.2 Å². The zero-order valence-electron chi connectivity index (χ0n) is 19.7. The summed E-state index contributed by atoms with van der Waals surface area (Å²) in [6.45, 7) is 4.84. The van der Waals surface area contributed by atoms with Gasteiger partial charge in [0.2, 0.25) is 0 Å². The average Bonchev–Trinajstić information content (AvgIpc) is 3.31. The van der Waals surface area contributed by atoms with Gasteiger partial charge in [-0.3, -0.25) is 9.69 Å². The van der Waals surface area contributed by atoms with Crippen molar-refractivity contribution in [1.29, 1.82) is 5.26 Å². The number of benzene rings is 2. The van der Waals surface area contributed by atoms with Crippen LogP contribution in [-0.2, 0) is 6.61 Å². The lowest BCUT2D eigenvalue weighted by atomic mass is 10.1. The van der Waals surface area contributed by atoms with Crippen LogP contribution in [0.5, 0.6) is 5.75 Å². The van der Waals surface area contributed by atoms with Gasteiger partial charge in [-0.1, -0.05) is 42.5 Å². The van der Waals surface area contributed by atoms with Crippen LogP contribution in [0.15, 0.2) is 79.1 Å². The fraction of sp³-hybridized carbons (Fsp3) is 0.250. The van der Waals surface area contributed by atoms with Crippen LogP contribution in [0.25, 0.3) is 5.65 Å². The number of piperazine rings is 1. The van der Waals surface area contributed by atoms with E-state index in [1.165, 1.54) is 0 Å². The third-order valence-electron chi connectivity index (χ3n) is 6.32. The fourth-order valence-corrected chi connectivity index (χ4v) is 4.47. The van der Waals surface area contributed by atoms with Gasteiger partial charge >= 0.3 is 0 Å². The fourth-order valence-electron chi connectivity index (χ4n) is 4.47. The number of nitrogens with zero attached hydrogens (tertiary/aromatic N) is 5. The van der Waals surface area contributed by atoms with Crippen LogP contribution in [0, 0.1) is 18.3 Å². The number of ether oxygens (including phenoxy) is 1. The largest absolute Gasteiger partial charge is 0.487 e. The Morgan fingerprint density at radius 3 is 2.60 bits per heavy atom. The lowest BCUT2D eigenvalue weighted by Crippen LogP contribution is -2.49. The maximum atomic E-state index is 13.2. The van der Waals surface area contributed by atoms with Crippen LogP contribution < -0.4 is 4.74 Å². The first-order valence-corrected chi connectivity index (χ1v) is 11.8.